The molecule has 0 spiro atoms. The first-order valence-corrected chi connectivity index (χ1v) is 6.77. The number of carbonyl (C=O) groups excluding carboxylic acids is 1. The van der Waals surface area contributed by atoms with Gasteiger partial charge in [0.25, 0.3) is 0 Å². The number of carbonyl (C=O) groups is 1. The van der Waals surface area contributed by atoms with Crippen molar-refractivity contribution < 1.29 is 4.79 Å². The molecule has 0 heterocycles. The van der Waals surface area contributed by atoms with Gasteiger partial charge in [-0.25, -0.2) is 0 Å². The molecular weight excluding hydrogens is 236 g/mol. The Balaban J connectivity index is 2.01. The molecule has 3 nitrogen and oxygen atoms in total. The van der Waals surface area contributed by atoms with Gasteiger partial charge in [0.15, 0.2) is 0 Å². The van der Waals surface area contributed by atoms with Crippen molar-refractivity contribution >= 4 is 5.91 Å². The molecular formula is C16H20N2O. The minimum atomic E-state index is -0.232. The van der Waals surface area contributed by atoms with Gasteiger partial charge in [-0.1, -0.05) is 30.2 Å². The fraction of sp³-hybridized carbons (Fsp3) is 0.438. The molecule has 0 aliphatic heterocycles. The van der Waals surface area contributed by atoms with Gasteiger partial charge in [0.1, 0.15) is 0 Å². The molecule has 0 aromatic heterocycles. The molecule has 1 aromatic rings. The van der Waals surface area contributed by atoms with E-state index in [2.05, 4.69) is 40.8 Å². The molecule has 0 saturated carbocycles. The Hall–Kier alpha value is -1.79. The van der Waals surface area contributed by atoms with E-state index in [1.165, 1.54) is 11.1 Å². The predicted octanol–water partition coefficient (Wildman–Crippen LogP) is 1.79. The van der Waals surface area contributed by atoms with Crippen LogP contribution in [0.4, 0.5) is 0 Å². The molecule has 0 fully saturated rings. The summed E-state index contributed by atoms with van der Waals surface area (Å²) in [6.07, 6.45) is 8.50. The highest BCUT2D eigenvalue weighted by Crippen LogP contribution is 2.29. The third-order valence-electron chi connectivity index (χ3n) is 3.58. The Kier molecular flexibility index (Phi) is 4.59. The molecule has 19 heavy (non-hydrogen) atoms. The van der Waals surface area contributed by atoms with E-state index >= 15 is 0 Å². The zero-order valence-electron chi connectivity index (χ0n) is 11.3. The van der Waals surface area contributed by atoms with Crippen LogP contribution in [0.3, 0.4) is 0 Å². The number of amides is 1. The Bertz CT molecular complexity index is 490. The quantitative estimate of drug-likeness (QED) is 0.806. The average molecular weight is 256 g/mol. The molecule has 3 heteroatoms. The lowest BCUT2D eigenvalue weighted by Crippen LogP contribution is -2.44. The zero-order chi connectivity index (χ0) is 13.7. The fourth-order valence-corrected chi connectivity index (χ4v) is 2.60. The Morgan fingerprint density at radius 1 is 1.53 bits per heavy atom. The molecule has 1 aliphatic carbocycles. The van der Waals surface area contributed by atoms with Crippen LogP contribution in [0, 0.1) is 12.3 Å². The van der Waals surface area contributed by atoms with Crippen LogP contribution in [0.1, 0.15) is 36.9 Å². The summed E-state index contributed by atoms with van der Waals surface area (Å²) < 4.78 is 0. The van der Waals surface area contributed by atoms with Gasteiger partial charge in [0.2, 0.25) is 5.91 Å². The molecule has 0 saturated heterocycles. The van der Waals surface area contributed by atoms with Crippen LogP contribution in [-0.4, -0.2) is 18.5 Å². The van der Waals surface area contributed by atoms with E-state index in [1.54, 1.807) is 0 Å². The molecule has 2 atom stereocenters. The highest BCUT2D eigenvalue weighted by atomic mass is 16.2. The molecule has 0 radical (unpaired) electrons. The van der Waals surface area contributed by atoms with Gasteiger partial charge in [-0.3, -0.25) is 10.1 Å². The minimum Gasteiger partial charge on any atom is -0.344 e. The number of nitrogens with one attached hydrogen (secondary N) is 2. The van der Waals surface area contributed by atoms with Gasteiger partial charge in [-0.05, 0) is 37.3 Å². The third kappa shape index (κ3) is 3.36. The van der Waals surface area contributed by atoms with Crippen molar-refractivity contribution in [2.24, 2.45) is 0 Å². The molecule has 1 amide bonds. The summed E-state index contributed by atoms with van der Waals surface area (Å²) in [6.45, 7) is 2.16. The maximum Gasteiger partial charge on any atom is 0.237 e. The smallest absolute Gasteiger partial charge is 0.237 e. The van der Waals surface area contributed by atoms with Crippen LogP contribution in [0.2, 0.25) is 0 Å². The summed E-state index contributed by atoms with van der Waals surface area (Å²) in [4.78, 5) is 11.8. The number of fused-ring (bicyclic) bond motifs is 1. The van der Waals surface area contributed by atoms with Crippen molar-refractivity contribution in [3.63, 3.8) is 0 Å². The molecule has 2 unspecified atom stereocenters. The second-order valence-electron chi connectivity index (χ2n) is 4.95. The summed E-state index contributed by atoms with van der Waals surface area (Å²) in [5.41, 5.74) is 2.72. The highest BCUT2D eigenvalue weighted by Gasteiger charge is 2.23. The standard InChI is InChI=1S/C16H20N2O/c1-3-11-17-16(19)12(2)18-15-10-6-8-13-7-4-5-9-14(13)15/h1,4-5,7,9,12,15,18H,6,8,10-11H2,2H3,(H,17,19). The SMILES string of the molecule is C#CCNC(=O)C(C)NC1CCCc2ccccc21. The largest absolute Gasteiger partial charge is 0.344 e. The lowest BCUT2D eigenvalue weighted by molar-refractivity contribution is -0.122. The highest BCUT2D eigenvalue weighted by molar-refractivity contribution is 5.81. The van der Waals surface area contributed by atoms with E-state index in [-0.39, 0.29) is 24.5 Å². The molecule has 1 aromatic carbocycles. The van der Waals surface area contributed by atoms with Gasteiger partial charge in [-0.2, -0.15) is 0 Å². The first kappa shape index (κ1) is 13.6. The fourth-order valence-electron chi connectivity index (χ4n) is 2.60. The molecule has 1 aliphatic rings. The normalized spacial score (nSPS) is 19.1. The van der Waals surface area contributed by atoms with Crippen LogP contribution in [0.25, 0.3) is 0 Å². The third-order valence-corrected chi connectivity index (χ3v) is 3.58. The summed E-state index contributed by atoms with van der Waals surface area (Å²) in [7, 11) is 0. The van der Waals surface area contributed by atoms with E-state index < -0.39 is 0 Å². The Morgan fingerprint density at radius 2 is 2.32 bits per heavy atom. The first-order chi connectivity index (χ1) is 9.22. The van der Waals surface area contributed by atoms with Crippen molar-refractivity contribution in [3.8, 4) is 12.3 Å². The van der Waals surface area contributed by atoms with Crippen molar-refractivity contribution in [3.05, 3.63) is 35.4 Å². The molecule has 2 rings (SSSR count). The van der Waals surface area contributed by atoms with E-state index in [9.17, 15) is 4.79 Å². The summed E-state index contributed by atoms with van der Waals surface area (Å²) in [5, 5.41) is 6.11. The van der Waals surface area contributed by atoms with Crippen molar-refractivity contribution in [2.75, 3.05) is 6.54 Å². The monoisotopic (exact) mass is 256 g/mol. The van der Waals surface area contributed by atoms with Gasteiger partial charge in [0.05, 0.1) is 12.6 Å². The number of terminal acetylenes is 1. The maximum atomic E-state index is 11.8. The van der Waals surface area contributed by atoms with Crippen LogP contribution < -0.4 is 10.6 Å². The lowest BCUT2D eigenvalue weighted by atomic mass is 9.87. The first-order valence-electron chi connectivity index (χ1n) is 6.77. The van der Waals surface area contributed by atoms with Crippen LogP contribution in [-0.2, 0) is 11.2 Å². The molecule has 0 bridgehead atoms. The van der Waals surface area contributed by atoms with Crippen LogP contribution in [0.15, 0.2) is 24.3 Å². The summed E-state index contributed by atoms with van der Waals surface area (Å²) in [5.74, 6) is 2.37. The van der Waals surface area contributed by atoms with Crippen LogP contribution in [0.5, 0.6) is 0 Å². The summed E-state index contributed by atoms with van der Waals surface area (Å²) >= 11 is 0. The van der Waals surface area contributed by atoms with Crippen LogP contribution >= 0.6 is 0 Å². The van der Waals surface area contributed by atoms with Gasteiger partial charge in [-0.15, -0.1) is 6.42 Å². The topological polar surface area (TPSA) is 41.1 Å². The predicted molar refractivity (Wildman–Crippen MR) is 76.6 cm³/mol. The lowest BCUT2D eigenvalue weighted by Gasteiger charge is -2.28. The van der Waals surface area contributed by atoms with Crippen molar-refractivity contribution in [1.82, 2.24) is 10.6 Å². The average Bonchev–Trinajstić information content (AvgIpc) is 2.45. The number of aryl methyl sites for hydroxylation is 1. The van der Waals surface area contributed by atoms with E-state index in [0.717, 1.165) is 19.3 Å². The van der Waals surface area contributed by atoms with Gasteiger partial charge < -0.3 is 5.32 Å². The van der Waals surface area contributed by atoms with Crippen molar-refractivity contribution in [1.29, 1.82) is 0 Å². The molecule has 100 valence electrons. The number of hydrogen-bond donors (Lipinski definition) is 2. The zero-order valence-corrected chi connectivity index (χ0v) is 11.3. The Labute approximate surface area is 114 Å². The summed E-state index contributed by atoms with van der Waals surface area (Å²) in [6, 6.07) is 8.48. The van der Waals surface area contributed by atoms with Gasteiger partial charge in [0, 0.05) is 6.04 Å². The van der Waals surface area contributed by atoms with Crippen molar-refractivity contribution in [2.45, 2.75) is 38.3 Å². The molecule has 2 N–H and O–H groups in total. The van der Waals surface area contributed by atoms with E-state index in [1.807, 2.05) is 6.92 Å². The maximum absolute atomic E-state index is 11.8. The second-order valence-corrected chi connectivity index (χ2v) is 4.95. The second kappa shape index (κ2) is 6.40. The van der Waals surface area contributed by atoms with E-state index in [0.29, 0.717) is 0 Å². The van der Waals surface area contributed by atoms with E-state index in [4.69, 9.17) is 6.42 Å². The Morgan fingerprint density at radius 3 is 3.11 bits per heavy atom. The number of hydrogen-bond acceptors (Lipinski definition) is 2. The number of benzene rings is 1. The van der Waals surface area contributed by atoms with Gasteiger partial charge >= 0.3 is 0 Å². The number of rotatable bonds is 4. The minimum absolute atomic E-state index is 0.0407.